The molecule has 1 aliphatic rings. The highest BCUT2D eigenvalue weighted by Gasteiger charge is 2.15. The third-order valence-corrected chi connectivity index (χ3v) is 3.68. The second-order valence-electron chi connectivity index (χ2n) is 5.60. The summed E-state index contributed by atoms with van der Waals surface area (Å²) in [7, 11) is 0. The summed E-state index contributed by atoms with van der Waals surface area (Å²) >= 11 is 0. The average Bonchev–Trinajstić information content (AvgIpc) is 2.90. The van der Waals surface area contributed by atoms with Gasteiger partial charge in [-0.2, -0.15) is 0 Å². The second-order valence-corrected chi connectivity index (χ2v) is 5.60. The lowest BCUT2D eigenvalue weighted by Crippen LogP contribution is -2.29. The average molecular weight is 277 g/mol. The van der Waals surface area contributed by atoms with Crippen LogP contribution in [-0.2, 0) is 0 Å². The highest BCUT2D eigenvalue weighted by atomic mass is 16.4. The number of nitrogen functional groups attached to an aromatic ring is 1. The van der Waals surface area contributed by atoms with Crippen LogP contribution in [0.5, 0.6) is 0 Å². The molecule has 4 N–H and O–H groups in total. The van der Waals surface area contributed by atoms with Crippen LogP contribution < -0.4 is 11.1 Å². The first-order valence-corrected chi connectivity index (χ1v) is 7.15. The number of hydrogen-bond donors (Lipinski definition) is 3. The van der Waals surface area contributed by atoms with Gasteiger partial charge in [-0.25, -0.2) is 4.79 Å². The minimum absolute atomic E-state index is 0.235. The van der Waals surface area contributed by atoms with Crippen LogP contribution in [0.4, 0.5) is 11.4 Å². The molecule has 0 bridgehead atoms. The highest BCUT2D eigenvalue weighted by molar-refractivity contribution is 5.95. The maximum Gasteiger partial charge on any atom is 0.337 e. The van der Waals surface area contributed by atoms with Crippen molar-refractivity contribution in [2.24, 2.45) is 5.92 Å². The molecule has 1 saturated heterocycles. The second kappa shape index (κ2) is 6.61. The van der Waals surface area contributed by atoms with E-state index in [1.165, 1.54) is 32.0 Å². The standard InChI is InChI=1S/C15H23N3O2/c1-11(10-18-6-2-3-7-18)9-17-14-5-4-12(16)8-13(14)15(19)20/h4-5,8,11,17H,2-3,6-7,9-10,16H2,1H3,(H,19,20). The summed E-state index contributed by atoms with van der Waals surface area (Å²) in [4.78, 5) is 13.7. The van der Waals surface area contributed by atoms with E-state index in [0.717, 1.165) is 13.1 Å². The maximum atomic E-state index is 11.2. The monoisotopic (exact) mass is 277 g/mol. The Morgan fingerprint density at radius 3 is 2.80 bits per heavy atom. The smallest absolute Gasteiger partial charge is 0.337 e. The van der Waals surface area contributed by atoms with Crippen molar-refractivity contribution in [3.8, 4) is 0 Å². The Kier molecular flexibility index (Phi) is 4.84. The lowest BCUT2D eigenvalue weighted by molar-refractivity contribution is 0.0698. The van der Waals surface area contributed by atoms with E-state index in [1.807, 2.05) is 0 Å². The maximum absolute atomic E-state index is 11.2. The van der Waals surface area contributed by atoms with Gasteiger partial charge in [0.05, 0.1) is 5.56 Å². The summed E-state index contributed by atoms with van der Waals surface area (Å²) in [5.74, 6) is -0.473. The minimum Gasteiger partial charge on any atom is -0.478 e. The van der Waals surface area contributed by atoms with Gasteiger partial charge in [0, 0.05) is 24.5 Å². The zero-order chi connectivity index (χ0) is 14.5. The van der Waals surface area contributed by atoms with E-state index in [2.05, 4.69) is 17.1 Å². The van der Waals surface area contributed by atoms with Gasteiger partial charge >= 0.3 is 5.97 Å². The molecule has 1 unspecified atom stereocenters. The van der Waals surface area contributed by atoms with E-state index in [1.54, 1.807) is 12.1 Å². The zero-order valence-corrected chi connectivity index (χ0v) is 11.9. The number of carbonyl (C=O) groups is 1. The summed E-state index contributed by atoms with van der Waals surface area (Å²) < 4.78 is 0. The Labute approximate surface area is 119 Å². The number of nitrogens with two attached hydrogens (primary N) is 1. The Hall–Kier alpha value is -1.75. The fourth-order valence-electron chi connectivity index (χ4n) is 2.65. The molecule has 1 heterocycles. The fourth-order valence-corrected chi connectivity index (χ4v) is 2.65. The molecular formula is C15H23N3O2. The molecule has 0 saturated carbocycles. The molecule has 1 fully saturated rings. The van der Waals surface area contributed by atoms with Gasteiger partial charge in [0.25, 0.3) is 0 Å². The molecule has 110 valence electrons. The molecule has 20 heavy (non-hydrogen) atoms. The van der Waals surface area contributed by atoms with Gasteiger partial charge in [-0.15, -0.1) is 0 Å². The molecule has 2 rings (SSSR count). The number of aromatic carboxylic acids is 1. The van der Waals surface area contributed by atoms with Gasteiger partial charge in [0.2, 0.25) is 0 Å². The lowest BCUT2D eigenvalue weighted by atomic mass is 10.1. The van der Waals surface area contributed by atoms with Crippen molar-refractivity contribution in [2.45, 2.75) is 19.8 Å². The number of nitrogens with one attached hydrogen (secondary N) is 1. The van der Waals surface area contributed by atoms with Gasteiger partial charge in [-0.05, 0) is 50.0 Å². The number of anilines is 2. The van der Waals surface area contributed by atoms with Gasteiger partial charge in [0.15, 0.2) is 0 Å². The Morgan fingerprint density at radius 1 is 1.45 bits per heavy atom. The van der Waals surface area contributed by atoms with Crippen molar-refractivity contribution in [1.82, 2.24) is 4.90 Å². The van der Waals surface area contributed by atoms with Crippen LogP contribution in [-0.4, -0.2) is 42.2 Å². The van der Waals surface area contributed by atoms with Crippen LogP contribution >= 0.6 is 0 Å². The van der Waals surface area contributed by atoms with Crippen molar-refractivity contribution in [2.75, 3.05) is 37.2 Å². The Balaban J connectivity index is 1.91. The topological polar surface area (TPSA) is 78.6 Å². The van der Waals surface area contributed by atoms with Crippen LogP contribution in [0.3, 0.4) is 0 Å². The first kappa shape index (κ1) is 14.7. The molecule has 1 aliphatic heterocycles. The predicted octanol–water partition coefficient (Wildman–Crippen LogP) is 2.11. The highest BCUT2D eigenvalue weighted by Crippen LogP contribution is 2.19. The number of carboxylic acids is 1. The van der Waals surface area contributed by atoms with E-state index in [9.17, 15) is 9.90 Å². The SMILES string of the molecule is CC(CNc1ccc(N)cc1C(=O)O)CN1CCCC1. The number of rotatable bonds is 6. The van der Waals surface area contributed by atoms with Crippen molar-refractivity contribution >= 4 is 17.3 Å². The van der Waals surface area contributed by atoms with Crippen molar-refractivity contribution in [1.29, 1.82) is 0 Å². The largest absolute Gasteiger partial charge is 0.478 e. The summed E-state index contributed by atoms with van der Waals surface area (Å²) in [6.07, 6.45) is 2.59. The van der Waals surface area contributed by atoms with Crippen molar-refractivity contribution < 1.29 is 9.90 Å². The number of carboxylic acid groups (broad SMARTS) is 1. The first-order valence-electron chi connectivity index (χ1n) is 7.15. The van der Waals surface area contributed by atoms with E-state index in [0.29, 0.717) is 17.3 Å². The van der Waals surface area contributed by atoms with Crippen molar-refractivity contribution in [3.05, 3.63) is 23.8 Å². The minimum atomic E-state index is -0.952. The summed E-state index contributed by atoms with van der Waals surface area (Å²) in [6.45, 7) is 6.38. The molecule has 1 atom stereocenters. The molecule has 0 aromatic heterocycles. The molecule has 0 aliphatic carbocycles. The molecule has 1 aromatic carbocycles. The molecule has 0 radical (unpaired) electrons. The number of benzene rings is 1. The Bertz CT molecular complexity index is 470. The number of nitrogens with zero attached hydrogens (tertiary/aromatic N) is 1. The summed E-state index contributed by atoms with van der Waals surface area (Å²) in [5, 5.41) is 12.4. The first-order chi connectivity index (χ1) is 9.56. The van der Waals surface area contributed by atoms with Gasteiger partial charge in [-0.3, -0.25) is 0 Å². The zero-order valence-electron chi connectivity index (χ0n) is 11.9. The molecule has 0 spiro atoms. The van der Waals surface area contributed by atoms with Crippen LogP contribution in [0.1, 0.15) is 30.1 Å². The molecule has 0 amide bonds. The molecule has 5 heteroatoms. The van der Waals surface area contributed by atoms with E-state index >= 15 is 0 Å². The number of hydrogen-bond acceptors (Lipinski definition) is 4. The normalized spacial score (nSPS) is 17.1. The molecule has 1 aromatic rings. The quantitative estimate of drug-likeness (QED) is 0.694. The Morgan fingerprint density at radius 2 is 2.15 bits per heavy atom. The fraction of sp³-hybridized carbons (Fsp3) is 0.533. The van der Waals surface area contributed by atoms with Crippen LogP contribution in [0, 0.1) is 5.92 Å². The predicted molar refractivity (Wildman–Crippen MR) is 81.1 cm³/mol. The summed E-state index contributed by atoms with van der Waals surface area (Å²) in [5.41, 5.74) is 6.98. The molecular weight excluding hydrogens is 254 g/mol. The third-order valence-electron chi connectivity index (χ3n) is 3.68. The van der Waals surface area contributed by atoms with E-state index in [4.69, 9.17) is 5.73 Å². The van der Waals surface area contributed by atoms with Gasteiger partial charge in [-0.1, -0.05) is 6.92 Å². The lowest BCUT2D eigenvalue weighted by Gasteiger charge is -2.21. The van der Waals surface area contributed by atoms with Crippen LogP contribution in [0.2, 0.25) is 0 Å². The summed E-state index contributed by atoms with van der Waals surface area (Å²) in [6, 6.07) is 4.96. The third kappa shape index (κ3) is 3.87. The van der Waals surface area contributed by atoms with Gasteiger partial charge in [0.1, 0.15) is 0 Å². The van der Waals surface area contributed by atoms with Gasteiger partial charge < -0.3 is 21.1 Å². The molecule has 5 nitrogen and oxygen atoms in total. The van der Waals surface area contributed by atoms with Crippen molar-refractivity contribution in [3.63, 3.8) is 0 Å². The van der Waals surface area contributed by atoms with Crippen LogP contribution in [0.25, 0.3) is 0 Å². The van der Waals surface area contributed by atoms with Crippen LogP contribution in [0.15, 0.2) is 18.2 Å². The van der Waals surface area contributed by atoms with E-state index in [-0.39, 0.29) is 5.56 Å². The number of likely N-dealkylation sites (tertiary alicyclic amines) is 1. The van der Waals surface area contributed by atoms with E-state index < -0.39 is 5.97 Å².